The number of halogens is 1. The molecule has 0 radical (unpaired) electrons. The van der Waals surface area contributed by atoms with E-state index in [4.69, 9.17) is 0 Å². The maximum atomic E-state index is 9.89. The van der Waals surface area contributed by atoms with Crippen molar-refractivity contribution < 1.29 is 4.79 Å². The van der Waals surface area contributed by atoms with Crippen molar-refractivity contribution in [1.29, 1.82) is 0 Å². The molecule has 0 heterocycles. The molecule has 0 unspecified atom stereocenters. The average molecular weight is 226 g/mol. The number of nitrogens with zero attached hydrogens (tertiary/aromatic N) is 1. The van der Waals surface area contributed by atoms with Crippen molar-refractivity contribution >= 4 is 27.7 Å². The quantitative estimate of drug-likeness (QED) is 0.442. The molecule has 1 aromatic carbocycles. The highest BCUT2D eigenvalue weighted by molar-refractivity contribution is 9.09. The molecule has 0 aliphatic rings. The number of hydrogen-bond donors (Lipinski definition) is 0. The van der Waals surface area contributed by atoms with Gasteiger partial charge in [0.05, 0.1) is 5.69 Å². The maximum absolute atomic E-state index is 9.89. The third-order valence-electron chi connectivity index (χ3n) is 1.49. The Morgan fingerprint density at radius 3 is 2.50 bits per heavy atom. The Morgan fingerprint density at radius 1 is 1.33 bits per heavy atom. The highest BCUT2D eigenvalue weighted by Crippen LogP contribution is 2.12. The number of alkyl halides is 1. The van der Waals surface area contributed by atoms with Crippen molar-refractivity contribution in [1.82, 2.24) is 0 Å². The Labute approximate surface area is 79.5 Å². The second-order valence-corrected chi connectivity index (χ2v) is 3.10. The summed E-state index contributed by atoms with van der Waals surface area (Å²) in [5, 5.41) is 0.948. The monoisotopic (exact) mass is 225 g/mol. The number of carbonyl (C=O) groups excluding carboxylic acids is 1. The summed E-state index contributed by atoms with van der Waals surface area (Å²) in [5.41, 5.74) is 1.89. The zero-order chi connectivity index (χ0) is 8.81. The molecule has 0 atom stereocenters. The summed E-state index contributed by atoms with van der Waals surface area (Å²) in [5.74, 6) is 0. The number of hydrogen-bond acceptors (Lipinski definition) is 2. The Morgan fingerprint density at radius 2 is 2.00 bits per heavy atom. The second-order valence-electron chi connectivity index (χ2n) is 2.31. The molecule has 12 heavy (non-hydrogen) atoms. The first-order valence-corrected chi connectivity index (χ1v) is 4.71. The van der Waals surface area contributed by atoms with E-state index in [-0.39, 0.29) is 0 Å². The largest absolute Gasteiger partial charge is 0.240 e. The van der Waals surface area contributed by atoms with E-state index in [0.29, 0.717) is 5.69 Å². The summed E-state index contributed by atoms with van der Waals surface area (Å²) >= 11 is 3.35. The molecule has 3 heteroatoms. The first kappa shape index (κ1) is 9.17. The van der Waals surface area contributed by atoms with Gasteiger partial charge in [-0.1, -0.05) is 28.1 Å². The predicted octanol–water partition coefficient (Wildman–Crippen LogP) is 2.59. The van der Waals surface area contributed by atoms with Gasteiger partial charge in [0, 0.05) is 5.33 Å². The molecule has 0 aliphatic carbocycles. The van der Waals surface area contributed by atoms with Crippen LogP contribution in [0.5, 0.6) is 0 Å². The van der Waals surface area contributed by atoms with Gasteiger partial charge in [-0.15, -0.1) is 0 Å². The molecule has 0 fully saturated rings. The van der Waals surface area contributed by atoms with Crippen LogP contribution in [0, 0.1) is 0 Å². The molecular formula is C9H8BrNO. The van der Waals surface area contributed by atoms with Crippen molar-refractivity contribution in [3.63, 3.8) is 0 Å². The first-order chi connectivity index (χ1) is 5.86. The third kappa shape index (κ3) is 2.61. The fraction of sp³-hybridized carbons (Fsp3) is 0.222. The topological polar surface area (TPSA) is 29.4 Å². The standard InChI is InChI=1S/C9H8BrNO/c10-6-5-8-1-3-9(4-2-8)11-7-12/h1-4H,5-6H2. The highest BCUT2D eigenvalue weighted by Gasteiger charge is 1.91. The zero-order valence-electron chi connectivity index (χ0n) is 6.46. The number of rotatable bonds is 3. The van der Waals surface area contributed by atoms with E-state index in [1.807, 2.05) is 24.3 Å². The molecule has 0 bridgehead atoms. The number of aryl methyl sites for hydroxylation is 1. The van der Waals surface area contributed by atoms with Gasteiger partial charge >= 0.3 is 0 Å². The minimum absolute atomic E-state index is 0.656. The summed E-state index contributed by atoms with van der Waals surface area (Å²) in [6.45, 7) is 0. The molecule has 0 spiro atoms. The van der Waals surface area contributed by atoms with Gasteiger partial charge in [-0.3, -0.25) is 0 Å². The van der Waals surface area contributed by atoms with E-state index in [0.717, 1.165) is 11.8 Å². The second kappa shape index (κ2) is 4.86. The minimum atomic E-state index is 0.656. The zero-order valence-corrected chi connectivity index (χ0v) is 8.04. The lowest BCUT2D eigenvalue weighted by atomic mass is 10.2. The highest BCUT2D eigenvalue weighted by atomic mass is 79.9. The molecule has 0 N–H and O–H groups in total. The van der Waals surface area contributed by atoms with E-state index >= 15 is 0 Å². The van der Waals surface area contributed by atoms with Crippen molar-refractivity contribution in [2.75, 3.05) is 5.33 Å². The van der Waals surface area contributed by atoms with Crippen LogP contribution in [0.15, 0.2) is 29.3 Å². The normalized spacial score (nSPS) is 9.08. The maximum Gasteiger partial charge on any atom is 0.240 e. The lowest BCUT2D eigenvalue weighted by Gasteiger charge is -1.96. The van der Waals surface area contributed by atoms with Gasteiger partial charge in [-0.2, -0.15) is 4.99 Å². The van der Waals surface area contributed by atoms with E-state index in [9.17, 15) is 4.79 Å². The van der Waals surface area contributed by atoms with Crippen molar-refractivity contribution in [2.24, 2.45) is 4.99 Å². The fourth-order valence-electron chi connectivity index (χ4n) is 0.899. The third-order valence-corrected chi connectivity index (χ3v) is 1.89. The minimum Gasteiger partial charge on any atom is -0.211 e. The van der Waals surface area contributed by atoms with Crippen LogP contribution in [0.3, 0.4) is 0 Å². The smallest absolute Gasteiger partial charge is 0.211 e. The molecule has 0 aromatic heterocycles. The van der Waals surface area contributed by atoms with Gasteiger partial charge in [0.2, 0.25) is 6.08 Å². The summed E-state index contributed by atoms with van der Waals surface area (Å²) in [7, 11) is 0. The van der Waals surface area contributed by atoms with Crippen molar-refractivity contribution in [2.45, 2.75) is 6.42 Å². The van der Waals surface area contributed by atoms with E-state index in [1.165, 1.54) is 11.6 Å². The summed E-state index contributed by atoms with van der Waals surface area (Å²) < 4.78 is 0. The Balaban J connectivity index is 2.77. The van der Waals surface area contributed by atoms with Crippen LogP contribution in [-0.4, -0.2) is 11.4 Å². The van der Waals surface area contributed by atoms with Crippen molar-refractivity contribution in [3.8, 4) is 0 Å². The molecule has 0 saturated carbocycles. The molecule has 0 saturated heterocycles. The summed E-state index contributed by atoms with van der Waals surface area (Å²) in [6, 6.07) is 7.53. The number of aliphatic imine (C=N–C) groups is 1. The first-order valence-electron chi connectivity index (χ1n) is 3.59. The van der Waals surface area contributed by atoms with Gasteiger partial charge in [0.1, 0.15) is 0 Å². The van der Waals surface area contributed by atoms with Gasteiger partial charge < -0.3 is 0 Å². The number of isocyanates is 1. The van der Waals surface area contributed by atoms with Crippen LogP contribution < -0.4 is 0 Å². The molecule has 62 valence electrons. The molecule has 1 aromatic rings. The fourth-order valence-corrected chi connectivity index (χ4v) is 1.36. The Bertz CT molecular complexity index is 288. The molecule has 0 aliphatic heterocycles. The molecule has 2 nitrogen and oxygen atoms in total. The van der Waals surface area contributed by atoms with Crippen LogP contribution in [0.2, 0.25) is 0 Å². The number of benzene rings is 1. The molecular weight excluding hydrogens is 218 g/mol. The average Bonchev–Trinajstić information content (AvgIpc) is 2.09. The lowest BCUT2D eigenvalue weighted by Crippen LogP contribution is -1.83. The summed E-state index contributed by atoms with van der Waals surface area (Å²) in [6.07, 6.45) is 2.49. The molecule has 0 amide bonds. The van der Waals surface area contributed by atoms with Gasteiger partial charge in [-0.25, -0.2) is 4.79 Å². The molecule has 1 rings (SSSR count). The van der Waals surface area contributed by atoms with Crippen LogP contribution in [0.4, 0.5) is 5.69 Å². The van der Waals surface area contributed by atoms with Crippen LogP contribution in [0.1, 0.15) is 5.56 Å². The van der Waals surface area contributed by atoms with E-state index < -0.39 is 0 Å². The predicted molar refractivity (Wildman–Crippen MR) is 51.7 cm³/mol. The summed E-state index contributed by atoms with van der Waals surface area (Å²) in [4.78, 5) is 13.4. The SMILES string of the molecule is O=C=Nc1ccc(CCBr)cc1. The Hall–Kier alpha value is -0.920. The lowest BCUT2D eigenvalue weighted by molar-refractivity contribution is 0.565. The Kier molecular flexibility index (Phi) is 3.71. The van der Waals surface area contributed by atoms with Gasteiger partial charge in [-0.05, 0) is 24.1 Å². The van der Waals surface area contributed by atoms with Crippen LogP contribution >= 0.6 is 15.9 Å². The van der Waals surface area contributed by atoms with Crippen LogP contribution in [-0.2, 0) is 11.2 Å². The van der Waals surface area contributed by atoms with E-state index in [1.54, 1.807) is 0 Å². The van der Waals surface area contributed by atoms with Crippen LogP contribution in [0.25, 0.3) is 0 Å². The van der Waals surface area contributed by atoms with E-state index in [2.05, 4.69) is 20.9 Å². The van der Waals surface area contributed by atoms with Crippen molar-refractivity contribution in [3.05, 3.63) is 29.8 Å². The van der Waals surface area contributed by atoms with Gasteiger partial charge in [0.25, 0.3) is 0 Å². The van der Waals surface area contributed by atoms with Gasteiger partial charge in [0.15, 0.2) is 0 Å².